The van der Waals surface area contributed by atoms with E-state index in [2.05, 4.69) is 35.6 Å². The van der Waals surface area contributed by atoms with Gasteiger partial charge in [0.1, 0.15) is 12.1 Å². The minimum Gasteiger partial charge on any atom is -0.364 e. The number of nitrogens with zero attached hydrogens (tertiary/aromatic N) is 5. The van der Waals surface area contributed by atoms with Gasteiger partial charge in [-0.3, -0.25) is 4.98 Å². The lowest BCUT2D eigenvalue weighted by Crippen LogP contribution is -2.04. The van der Waals surface area contributed by atoms with E-state index >= 15 is 0 Å². The predicted molar refractivity (Wildman–Crippen MR) is 114 cm³/mol. The molecular weight excluding hydrogens is 386 g/mol. The Labute approximate surface area is 173 Å². The molecule has 0 spiro atoms. The van der Waals surface area contributed by atoms with E-state index in [9.17, 15) is 0 Å². The van der Waals surface area contributed by atoms with Gasteiger partial charge in [0.15, 0.2) is 5.82 Å². The van der Waals surface area contributed by atoms with E-state index in [1.54, 1.807) is 12.4 Å². The van der Waals surface area contributed by atoms with Gasteiger partial charge in [-0.2, -0.15) is 4.98 Å². The van der Waals surface area contributed by atoms with E-state index < -0.39 is 0 Å². The molecule has 4 aromatic rings. The fourth-order valence-corrected chi connectivity index (χ4v) is 2.87. The zero-order valence-electron chi connectivity index (χ0n) is 15.7. The molecule has 144 valence electrons. The number of hydrogen-bond donors (Lipinski definition) is 2. The molecule has 0 radical (unpaired) electrons. The van der Waals surface area contributed by atoms with Crippen LogP contribution in [0.3, 0.4) is 0 Å². The number of aromatic nitrogens is 5. The van der Waals surface area contributed by atoms with Crippen molar-refractivity contribution in [2.45, 2.75) is 13.5 Å². The fourth-order valence-electron chi connectivity index (χ4n) is 2.70. The van der Waals surface area contributed by atoms with Crippen LogP contribution in [0.2, 0.25) is 5.02 Å². The van der Waals surface area contributed by atoms with Gasteiger partial charge in [0, 0.05) is 28.7 Å². The van der Waals surface area contributed by atoms with Gasteiger partial charge in [0.05, 0.1) is 12.2 Å². The van der Waals surface area contributed by atoms with Crippen molar-refractivity contribution >= 4 is 29.1 Å². The summed E-state index contributed by atoms with van der Waals surface area (Å²) >= 11 is 6.09. The van der Waals surface area contributed by atoms with Gasteiger partial charge < -0.3 is 10.6 Å². The Morgan fingerprint density at radius 2 is 1.86 bits per heavy atom. The topological polar surface area (TPSA) is 88.5 Å². The minimum absolute atomic E-state index is 0.445. The summed E-state index contributed by atoms with van der Waals surface area (Å²) in [6, 6.07) is 15.2. The molecule has 0 atom stereocenters. The lowest BCUT2D eigenvalue weighted by Gasteiger charge is -2.10. The summed E-state index contributed by atoms with van der Waals surface area (Å²) in [7, 11) is 0. The van der Waals surface area contributed by atoms with Gasteiger partial charge in [-0.15, -0.1) is 0 Å². The third-order valence-corrected chi connectivity index (χ3v) is 4.45. The Morgan fingerprint density at radius 3 is 2.72 bits per heavy atom. The molecule has 3 aromatic heterocycles. The van der Waals surface area contributed by atoms with Gasteiger partial charge in [-0.25, -0.2) is 15.0 Å². The van der Waals surface area contributed by atoms with Crippen molar-refractivity contribution in [3.63, 3.8) is 0 Å². The quantitative estimate of drug-likeness (QED) is 0.484. The average molecular weight is 404 g/mol. The van der Waals surface area contributed by atoms with E-state index in [0.717, 1.165) is 22.5 Å². The van der Waals surface area contributed by atoms with Crippen molar-refractivity contribution in [2.24, 2.45) is 0 Å². The molecule has 8 heteroatoms. The summed E-state index contributed by atoms with van der Waals surface area (Å²) in [5, 5.41) is 7.11. The lowest BCUT2D eigenvalue weighted by molar-refractivity contribution is 1.03. The molecule has 0 saturated heterocycles. The maximum absolute atomic E-state index is 6.09. The van der Waals surface area contributed by atoms with Crippen LogP contribution in [0.5, 0.6) is 0 Å². The molecule has 1 aromatic carbocycles. The SMILES string of the molecule is Cc1ccc(Cl)cc1Nc1ncnc(-c2ccnc(NCc3ccccn3)c2)n1. The van der Waals surface area contributed by atoms with Gasteiger partial charge >= 0.3 is 0 Å². The van der Waals surface area contributed by atoms with Gasteiger partial charge in [0.25, 0.3) is 0 Å². The molecule has 2 N–H and O–H groups in total. The number of aryl methyl sites for hydroxylation is 1. The number of anilines is 3. The van der Waals surface area contributed by atoms with E-state index in [0.29, 0.717) is 29.2 Å². The van der Waals surface area contributed by atoms with Crippen LogP contribution in [0, 0.1) is 6.92 Å². The van der Waals surface area contributed by atoms with E-state index in [1.165, 1.54) is 6.33 Å². The Hall–Kier alpha value is -3.58. The summed E-state index contributed by atoms with van der Waals surface area (Å²) in [5.41, 5.74) is 3.66. The van der Waals surface area contributed by atoms with Gasteiger partial charge in [0.2, 0.25) is 5.95 Å². The largest absolute Gasteiger partial charge is 0.364 e. The number of benzene rings is 1. The van der Waals surface area contributed by atoms with Gasteiger partial charge in [-0.1, -0.05) is 23.7 Å². The van der Waals surface area contributed by atoms with Crippen molar-refractivity contribution in [3.8, 4) is 11.4 Å². The number of hydrogen-bond acceptors (Lipinski definition) is 7. The van der Waals surface area contributed by atoms with Crippen LogP contribution in [0.1, 0.15) is 11.3 Å². The van der Waals surface area contributed by atoms with Crippen LogP contribution in [0.4, 0.5) is 17.5 Å². The first-order chi connectivity index (χ1) is 14.2. The second-order valence-electron chi connectivity index (χ2n) is 6.32. The Bertz CT molecular complexity index is 1120. The molecular formula is C21H18ClN7. The maximum atomic E-state index is 6.09. The first kappa shape index (κ1) is 18.8. The zero-order chi connectivity index (χ0) is 20.1. The fraction of sp³-hybridized carbons (Fsp3) is 0.0952. The number of halogens is 1. The van der Waals surface area contributed by atoms with E-state index in [4.69, 9.17) is 11.6 Å². The zero-order valence-corrected chi connectivity index (χ0v) is 16.4. The van der Waals surface area contributed by atoms with Gasteiger partial charge in [-0.05, 0) is 48.9 Å². The molecule has 0 saturated carbocycles. The monoisotopic (exact) mass is 403 g/mol. The van der Waals surface area contributed by atoms with Crippen LogP contribution >= 0.6 is 11.6 Å². The number of pyridine rings is 2. The van der Waals surface area contributed by atoms with Crippen LogP contribution in [-0.2, 0) is 6.54 Å². The first-order valence-electron chi connectivity index (χ1n) is 9.00. The summed E-state index contributed by atoms with van der Waals surface area (Å²) < 4.78 is 0. The molecule has 0 aliphatic heterocycles. The lowest BCUT2D eigenvalue weighted by atomic mass is 10.2. The van der Waals surface area contributed by atoms with Crippen molar-refractivity contribution in [1.82, 2.24) is 24.9 Å². The number of rotatable bonds is 6. The molecule has 0 fully saturated rings. The third-order valence-electron chi connectivity index (χ3n) is 4.21. The predicted octanol–water partition coefficient (Wildman–Crippen LogP) is 4.65. The summed E-state index contributed by atoms with van der Waals surface area (Å²) in [4.78, 5) is 21.7. The average Bonchev–Trinajstić information content (AvgIpc) is 2.76. The maximum Gasteiger partial charge on any atom is 0.230 e. The second-order valence-corrected chi connectivity index (χ2v) is 6.76. The van der Waals surface area contributed by atoms with Crippen LogP contribution in [0.25, 0.3) is 11.4 Å². The highest BCUT2D eigenvalue weighted by molar-refractivity contribution is 6.30. The van der Waals surface area contributed by atoms with Crippen molar-refractivity contribution in [1.29, 1.82) is 0 Å². The normalized spacial score (nSPS) is 10.6. The Kier molecular flexibility index (Phi) is 5.58. The summed E-state index contributed by atoms with van der Waals surface area (Å²) in [6.07, 6.45) is 4.96. The third kappa shape index (κ3) is 4.83. The van der Waals surface area contributed by atoms with Crippen LogP contribution < -0.4 is 10.6 Å². The number of nitrogens with one attached hydrogen (secondary N) is 2. The summed E-state index contributed by atoms with van der Waals surface area (Å²) in [6.45, 7) is 2.57. The Morgan fingerprint density at radius 1 is 0.931 bits per heavy atom. The molecule has 4 rings (SSSR count). The molecule has 7 nitrogen and oxygen atoms in total. The smallest absolute Gasteiger partial charge is 0.230 e. The molecule has 0 aliphatic carbocycles. The first-order valence-corrected chi connectivity index (χ1v) is 9.37. The molecule has 0 bridgehead atoms. The standard InChI is InChI=1S/C21H18ClN7/c1-14-5-6-16(22)11-18(14)28-21-27-13-26-20(29-21)15-7-9-24-19(10-15)25-12-17-4-2-3-8-23-17/h2-11,13H,12H2,1H3,(H,24,25)(H,26,27,28,29). The van der Waals surface area contributed by atoms with E-state index in [-0.39, 0.29) is 0 Å². The van der Waals surface area contributed by atoms with Crippen LogP contribution in [-0.4, -0.2) is 24.9 Å². The minimum atomic E-state index is 0.445. The van der Waals surface area contributed by atoms with Crippen molar-refractivity contribution in [2.75, 3.05) is 10.6 Å². The Balaban J connectivity index is 1.53. The highest BCUT2D eigenvalue weighted by Crippen LogP contribution is 2.24. The van der Waals surface area contributed by atoms with E-state index in [1.807, 2.05) is 55.5 Å². The second kappa shape index (κ2) is 8.62. The van der Waals surface area contributed by atoms with Crippen LogP contribution in [0.15, 0.2) is 67.3 Å². The highest BCUT2D eigenvalue weighted by atomic mass is 35.5. The molecule has 3 heterocycles. The van der Waals surface area contributed by atoms with Crippen molar-refractivity contribution in [3.05, 3.63) is 83.5 Å². The molecule has 0 aliphatic rings. The summed E-state index contributed by atoms with van der Waals surface area (Å²) in [5.74, 6) is 1.71. The molecule has 0 unspecified atom stereocenters. The van der Waals surface area contributed by atoms with Crippen molar-refractivity contribution < 1.29 is 0 Å². The molecule has 0 amide bonds. The molecule has 29 heavy (non-hydrogen) atoms. The highest BCUT2D eigenvalue weighted by Gasteiger charge is 2.08.